The summed E-state index contributed by atoms with van der Waals surface area (Å²) in [5, 5.41) is 0. The summed E-state index contributed by atoms with van der Waals surface area (Å²) >= 11 is 0. The van der Waals surface area contributed by atoms with Crippen molar-refractivity contribution in [3.63, 3.8) is 0 Å². The topological polar surface area (TPSA) is 49.7 Å². The minimum Gasteiger partial charge on any atom is -0.193 e. The Labute approximate surface area is 152 Å². The molecular weight excluding hydrogens is 319 g/mol. The van der Waals surface area contributed by atoms with E-state index in [4.69, 9.17) is 4.52 Å². The Kier molecular flexibility index (Phi) is 18.3. The molecule has 0 radical (unpaired) electrons. The zero-order chi connectivity index (χ0) is 17.9. The minimum atomic E-state index is -3.06. The third-order valence-corrected chi connectivity index (χ3v) is 6.09. The second-order valence-corrected chi connectivity index (χ2v) is 9.21. The van der Waals surface area contributed by atoms with Crippen LogP contribution in [0, 0.1) is 0 Å². The van der Waals surface area contributed by atoms with E-state index in [0.29, 0.717) is 12.8 Å². The maximum atomic E-state index is 9.78. The highest BCUT2D eigenvalue weighted by molar-refractivity contribution is 7.59. The number of hydrogen-bond donors (Lipinski definition) is 2. The number of rotatable bonds is 19. The van der Waals surface area contributed by atoms with Crippen molar-refractivity contribution in [2.75, 3.05) is 12.8 Å². The van der Waals surface area contributed by atoms with Crippen LogP contribution >= 0.6 is 7.94 Å². The van der Waals surface area contributed by atoms with Gasteiger partial charge in [-0.3, -0.25) is 0 Å². The average Bonchev–Trinajstić information content (AvgIpc) is 2.55. The fourth-order valence-corrected chi connectivity index (χ4v) is 4.12. The first kappa shape index (κ1) is 24.3. The lowest BCUT2D eigenvalue weighted by Crippen LogP contribution is -2.03. The van der Waals surface area contributed by atoms with Gasteiger partial charge in [-0.2, -0.15) is 14.3 Å². The molecule has 0 amide bonds. The van der Waals surface area contributed by atoms with Gasteiger partial charge in [-0.05, 0) is 19.3 Å². The molecule has 0 heterocycles. The third kappa shape index (κ3) is 18.6. The molecule has 0 spiro atoms. The summed E-state index contributed by atoms with van der Waals surface area (Å²) in [4.78, 5) is 19.6. The molecule has 2 N–H and O–H groups in total. The van der Waals surface area contributed by atoms with Crippen LogP contribution in [0.15, 0.2) is 0 Å². The van der Waals surface area contributed by atoms with Crippen molar-refractivity contribution in [2.24, 2.45) is 0 Å². The van der Waals surface area contributed by atoms with Crippen molar-refractivity contribution in [1.29, 1.82) is 0 Å². The van der Waals surface area contributed by atoms with E-state index in [2.05, 4.69) is 13.8 Å². The first-order valence-corrected chi connectivity index (χ1v) is 12.4. The highest BCUT2D eigenvalue weighted by Crippen LogP contribution is 2.51. The van der Waals surface area contributed by atoms with Crippen LogP contribution in [0.5, 0.6) is 0 Å². The first-order chi connectivity index (χ1) is 11.6. The Morgan fingerprint density at radius 3 is 1.33 bits per heavy atom. The predicted molar refractivity (Wildman–Crippen MR) is 107 cm³/mol. The largest absolute Gasteiger partial charge is 0.406 e. The number of unbranched alkanes of at least 4 members (excludes halogenated alkanes) is 14. The summed E-state index contributed by atoms with van der Waals surface area (Å²) in [6, 6.07) is 0. The summed E-state index contributed by atoms with van der Waals surface area (Å²) in [6.07, 6.45) is 20.8. The van der Waals surface area contributed by atoms with Gasteiger partial charge in [0.05, 0.1) is 6.61 Å². The van der Waals surface area contributed by atoms with Gasteiger partial charge in [0.15, 0.2) is 0 Å². The van der Waals surface area contributed by atoms with Crippen LogP contribution in [0.3, 0.4) is 0 Å². The lowest BCUT2D eigenvalue weighted by atomic mass is 10.0. The van der Waals surface area contributed by atoms with E-state index < -0.39 is 7.94 Å². The molecule has 3 nitrogen and oxygen atoms in total. The molecule has 0 aromatic rings. The number of hydrogen-bond acceptors (Lipinski definition) is 3. The monoisotopic (exact) mass is 363 g/mol. The molecule has 0 saturated heterocycles. The van der Waals surface area contributed by atoms with E-state index >= 15 is 0 Å². The Hall–Kier alpha value is 0.310. The second-order valence-electron chi connectivity index (χ2n) is 7.17. The van der Waals surface area contributed by atoms with Gasteiger partial charge >= 0.3 is 7.94 Å². The van der Waals surface area contributed by atoms with E-state index in [1.54, 1.807) is 0 Å². The fourth-order valence-electron chi connectivity index (χ4n) is 2.93. The van der Waals surface area contributed by atoms with E-state index in [1.807, 2.05) is 0 Å². The Morgan fingerprint density at radius 2 is 0.917 bits per heavy atom. The van der Waals surface area contributed by atoms with Crippen molar-refractivity contribution in [3.8, 4) is 0 Å². The Bertz CT molecular complexity index is 247. The van der Waals surface area contributed by atoms with Crippen LogP contribution < -0.4 is 0 Å². The van der Waals surface area contributed by atoms with Crippen LogP contribution in [-0.2, 0) is 4.52 Å². The lowest BCUT2D eigenvalue weighted by molar-refractivity contribution is 0.224. The van der Waals surface area contributed by atoms with E-state index in [9.17, 15) is 9.79 Å². The molecule has 0 saturated carbocycles. The molecule has 4 heteroatoms. The molecule has 146 valence electrons. The average molecular weight is 364 g/mol. The molecule has 0 aromatic carbocycles. The Balaban J connectivity index is 3.19. The highest BCUT2D eigenvalue weighted by Gasteiger charge is 2.34. The smallest absolute Gasteiger partial charge is 0.193 e. The first-order valence-electron chi connectivity index (χ1n) is 10.6. The molecule has 0 bridgehead atoms. The van der Waals surface area contributed by atoms with Gasteiger partial charge in [-0.15, -0.1) is 0 Å². The van der Waals surface area contributed by atoms with Crippen LogP contribution in [0.4, 0.5) is 0 Å². The van der Waals surface area contributed by atoms with Gasteiger partial charge in [0.2, 0.25) is 0 Å². The van der Waals surface area contributed by atoms with Crippen molar-refractivity contribution in [1.82, 2.24) is 0 Å². The summed E-state index contributed by atoms with van der Waals surface area (Å²) in [6.45, 7) is 4.83. The van der Waals surface area contributed by atoms with Gasteiger partial charge in [0.25, 0.3) is 0 Å². The molecule has 0 rings (SSSR count). The van der Waals surface area contributed by atoms with Crippen LogP contribution in [0.1, 0.15) is 117 Å². The van der Waals surface area contributed by atoms with Gasteiger partial charge in [0.1, 0.15) is 6.16 Å². The third-order valence-electron chi connectivity index (χ3n) is 4.60. The van der Waals surface area contributed by atoms with Crippen molar-refractivity contribution < 1.29 is 14.3 Å². The van der Waals surface area contributed by atoms with Crippen molar-refractivity contribution in [3.05, 3.63) is 0 Å². The van der Waals surface area contributed by atoms with E-state index in [-0.39, 0.29) is 0 Å². The van der Waals surface area contributed by atoms with Crippen LogP contribution in [0.2, 0.25) is 0 Å². The maximum Gasteiger partial charge on any atom is 0.406 e. The molecule has 0 fully saturated rings. The van der Waals surface area contributed by atoms with Crippen LogP contribution in [-0.4, -0.2) is 22.6 Å². The quantitative estimate of drug-likeness (QED) is 0.191. The summed E-state index contributed by atoms with van der Waals surface area (Å²) in [7, 11) is -3.06. The molecule has 0 aliphatic carbocycles. The van der Waals surface area contributed by atoms with Crippen molar-refractivity contribution in [2.45, 2.75) is 117 Å². The minimum absolute atomic E-state index is 0.439. The van der Waals surface area contributed by atoms with Gasteiger partial charge in [-0.25, -0.2) is 0 Å². The second kappa shape index (κ2) is 18.1. The zero-order valence-corrected chi connectivity index (χ0v) is 17.4. The normalized spacial score (nSPS) is 12.0. The molecule has 0 aliphatic rings. The van der Waals surface area contributed by atoms with Gasteiger partial charge < -0.3 is 0 Å². The molecule has 0 aliphatic heterocycles. The lowest BCUT2D eigenvalue weighted by Gasteiger charge is -2.10. The standard InChI is InChI=1S/C20H44O3P/c1-3-5-7-8-9-10-11-12-13-14-15-16-17-18-20-24(21,22)23-19-6-4-2/h21-22H,3-20H2,1-2H3/q+1. The van der Waals surface area contributed by atoms with E-state index in [1.165, 1.54) is 77.0 Å². The molecule has 0 unspecified atom stereocenters. The molecular formula is C20H44O3P+. The van der Waals surface area contributed by atoms with E-state index in [0.717, 1.165) is 25.7 Å². The van der Waals surface area contributed by atoms with Crippen molar-refractivity contribution >= 4 is 7.94 Å². The fraction of sp³-hybridized carbons (Fsp3) is 1.00. The molecule has 24 heavy (non-hydrogen) atoms. The zero-order valence-electron chi connectivity index (χ0n) is 16.5. The summed E-state index contributed by atoms with van der Waals surface area (Å²) < 4.78 is 5.21. The predicted octanol–water partition coefficient (Wildman–Crippen LogP) is 7.03. The van der Waals surface area contributed by atoms with Gasteiger partial charge in [-0.1, -0.05) is 97.3 Å². The summed E-state index contributed by atoms with van der Waals surface area (Å²) in [5.74, 6) is 0. The Morgan fingerprint density at radius 1 is 0.542 bits per heavy atom. The SMILES string of the molecule is CCCCCCCCCCCCCCCC[P+](O)(O)OCCCC. The molecule has 0 atom stereocenters. The highest BCUT2D eigenvalue weighted by atomic mass is 31.2. The van der Waals surface area contributed by atoms with Crippen LogP contribution in [0.25, 0.3) is 0 Å². The molecule has 0 aromatic heterocycles. The maximum absolute atomic E-state index is 9.78. The summed E-state index contributed by atoms with van der Waals surface area (Å²) in [5.41, 5.74) is 0. The van der Waals surface area contributed by atoms with Gasteiger partial charge in [0, 0.05) is 0 Å².